The van der Waals surface area contributed by atoms with Crippen LogP contribution in [-0.2, 0) is 43.2 Å². The van der Waals surface area contributed by atoms with E-state index in [0.29, 0.717) is 12.3 Å². The van der Waals surface area contributed by atoms with Gasteiger partial charge in [-0.15, -0.1) is 0 Å². The Morgan fingerprint density at radius 3 is 2.41 bits per heavy atom. The van der Waals surface area contributed by atoms with Crippen LogP contribution in [0.3, 0.4) is 0 Å². The summed E-state index contributed by atoms with van der Waals surface area (Å²) in [7, 11) is 0. The van der Waals surface area contributed by atoms with Crippen molar-refractivity contribution in [3.05, 3.63) is 54.4 Å². The van der Waals surface area contributed by atoms with Gasteiger partial charge in [-0.1, -0.05) is 44.2 Å². The standard InChI is InChI=1S/C41H55N5O10/c1-24-12-13-29-25(2)37(53-38-41(29)28(24)16-18-40(6,54-38)55-56-41)52-34(49)15-14-32(47)45-31(23-33(48)46-39(3,4)5)36(51)44-21-20-43-35(50)30-22-27(17-19-42-30)26-10-8-7-9-11-26/h7-11,17,19,22,24-25,28-29,31,37-38H,12-16,18,20-21,23H2,1-6H3,(H,43,50)(H,44,51)(H,45,47)(H,46,48)/t24-,25-,28+,29+,31+,37-,38-,40-,41-/m1/s1. The van der Waals surface area contributed by atoms with Crippen molar-refractivity contribution >= 4 is 29.6 Å². The van der Waals surface area contributed by atoms with Crippen molar-refractivity contribution in [2.45, 2.75) is 122 Å². The van der Waals surface area contributed by atoms with E-state index in [0.717, 1.165) is 30.4 Å². The molecular weight excluding hydrogens is 722 g/mol. The monoisotopic (exact) mass is 777 g/mol. The van der Waals surface area contributed by atoms with E-state index < -0.39 is 65.1 Å². The van der Waals surface area contributed by atoms with Crippen LogP contribution in [0.5, 0.6) is 0 Å². The molecule has 5 aliphatic rings. The fourth-order valence-electron chi connectivity index (χ4n) is 8.48. The predicted molar refractivity (Wildman–Crippen MR) is 202 cm³/mol. The zero-order valence-electron chi connectivity index (χ0n) is 33.1. The van der Waals surface area contributed by atoms with E-state index in [-0.39, 0.29) is 55.8 Å². The van der Waals surface area contributed by atoms with Crippen LogP contribution in [0, 0.1) is 23.7 Å². The number of carbonyl (C=O) groups is 5. The van der Waals surface area contributed by atoms with E-state index in [2.05, 4.69) is 33.2 Å². The Morgan fingerprint density at radius 1 is 0.911 bits per heavy atom. The van der Waals surface area contributed by atoms with Gasteiger partial charge in [0.1, 0.15) is 11.7 Å². The van der Waals surface area contributed by atoms with Crippen LogP contribution in [0.25, 0.3) is 11.1 Å². The van der Waals surface area contributed by atoms with Crippen molar-refractivity contribution in [2.24, 2.45) is 23.7 Å². The summed E-state index contributed by atoms with van der Waals surface area (Å²) in [5.74, 6) is -3.47. The molecule has 5 fully saturated rings. The Balaban J connectivity index is 1.00. The van der Waals surface area contributed by atoms with E-state index in [9.17, 15) is 24.0 Å². The van der Waals surface area contributed by atoms with Gasteiger partial charge in [-0.25, -0.2) is 9.78 Å². The zero-order chi connectivity index (χ0) is 40.3. The van der Waals surface area contributed by atoms with Crippen LogP contribution in [0.4, 0.5) is 0 Å². The molecule has 0 unspecified atom stereocenters. The minimum absolute atomic E-state index is 0.0189. The second kappa shape index (κ2) is 17.0. The van der Waals surface area contributed by atoms with Gasteiger partial charge in [0.25, 0.3) is 5.91 Å². The maximum absolute atomic E-state index is 13.3. The lowest BCUT2D eigenvalue weighted by Gasteiger charge is -2.59. The second-order valence-corrected chi connectivity index (χ2v) is 16.7. The molecule has 1 spiro atoms. The van der Waals surface area contributed by atoms with Crippen molar-refractivity contribution in [1.29, 1.82) is 0 Å². The molecule has 56 heavy (non-hydrogen) atoms. The second-order valence-electron chi connectivity index (χ2n) is 16.7. The summed E-state index contributed by atoms with van der Waals surface area (Å²) >= 11 is 0. The summed E-state index contributed by atoms with van der Waals surface area (Å²) in [6.07, 6.45) is 2.27. The number of carbonyl (C=O) groups excluding carboxylic acids is 5. The van der Waals surface area contributed by atoms with E-state index in [1.807, 2.05) is 50.2 Å². The SMILES string of the molecule is C[C@H]1[C@H](OC(=O)CCC(=O)N[C@@H](CC(=O)NC(C)(C)C)C(=O)NCCNC(=O)c2cc(-c3ccccc3)ccn2)O[C@@H]2O[C@@]3(C)CC[C@H]4[C@H](C)CC[C@@H]1[C@@]24OO3. The summed E-state index contributed by atoms with van der Waals surface area (Å²) in [5.41, 5.74) is 0.615. The van der Waals surface area contributed by atoms with Crippen molar-refractivity contribution in [3.8, 4) is 11.1 Å². The first kappa shape index (κ1) is 41.2. The number of ether oxygens (including phenoxy) is 3. The molecule has 2 bridgehead atoms. The van der Waals surface area contributed by atoms with Crippen LogP contribution in [0.2, 0.25) is 0 Å². The van der Waals surface area contributed by atoms with Crippen molar-refractivity contribution in [3.63, 3.8) is 0 Å². The van der Waals surface area contributed by atoms with Crippen LogP contribution in [0.1, 0.15) is 97.0 Å². The van der Waals surface area contributed by atoms with Gasteiger partial charge < -0.3 is 35.5 Å². The molecule has 4 saturated heterocycles. The fraction of sp³-hybridized carbons (Fsp3) is 0.610. The highest BCUT2D eigenvalue weighted by atomic mass is 17.3. The Kier molecular flexibility index (Phi) is 12.5. The lowest BCUT2D eigenvalue weighted by Crippen LogP contribution is -2.70. The molecule has 5 heterocycles. The highest BCUT2D eigenvalue weighted by molar-refractivity contribution is 5.94. The molecule has 1 aliphatic carbocycles. The van der Waals surface area contributed by atoms with Gasteiger partial charge in [0.05, 0.1) is 12.8 Å². The molecule has 1 saturated carbocycles. The largest absolute Gasteiger partial charge is 0.435 e. The summed E-state index contributed by atoms with van der Waals surface area (Å²) in [5, 5.41) is 10.8. The number of fused-ring (bicyclic) bond motifs is 2. The molecule has 304 valence electrons. The molecular formula is C41H55N5O10. The first-order valence-corrected chi connectivity index (χ1v) is 19.6. The molecule has 7 rings (SSSR count). The number of benzene rings is 1. The third kappa shape index (κ3) is 9.39. The summed E-state index contributed by atoms with van der Waals surface area (Å²) in [6.45, 7) is 11.5. The predicted octanol–water partition coefficient (Wildman–Crippen LogP) is 3.92. The van der Waals surface area contributed by atoms with Gasteiger partial charge in [0.15, 0.2) is 11.9 Å². The lowest BCUT2D eigenvalue weighted by molar-refractivity contribution is -0.576. The maximum Gasteiger partial charge on any atom is 0.308 e. The molecule has 1 aromatic heterocycles. The minimum Gasteiger partial charge on any atom is -0.435 e. The zero-order valence-corrected chi connectivity index (χ0v) is 33.1. The Bertz CT molecular complexity index is 1770. The summed E-state index contributed by atoms with van der Waals surface area (Å²) in [4.78, 5) is 81.4. The quantitative estimate of drug-likeness (QED) is 0.131. The van der Waals surface area contributed by atoms with Gasteiger partial charge in [-0.2, -0.15) is 0 Å². The number of rotatable bonds is 13. The number of hydrogen-bond donors (Lipinski definition) is 4. The first-order chi connectivity index (χ1) is 26.6. The average Bonchev–Trinajstić information content (AvgIpc) is 3.39. The lowest BCUT2D eigenvalue weighted by atomic mass is 9.58. The van der Waals surface area contributed by atoms with Gasteiger partial charge in [-0.05, 0) is 82.1 Å². The number of hydrogen-bond acceptors (Lipinski definition) is 11. The van der Waals surface area contributed by atoms with Gasteiger partial charge >= 0.3 is 5.97 Å². The molecule has 0 radical (unpaired) electrons. The normalized spacial score (nSPS) is 29.8. The number of amides is 4. The fourth-order valence-corrected chi connectivity index (χ4v) is 8.48. The van der Waals surface area contributed by atoms with Crippen molar-refractivity contribution in [1.82, 2.24) is 26.3 Å². The van der Waals surface area contributed by atoms with E-state index in [1.54, 1.807) is 33.0 Å². The number of esters is 1. The molecule has 4 N–H and O–H groups in total. The molecule has 2 aromatic rings. The topological polar surface area (TPSA) is 193 Å². The molecule has 15 nitrogen and oxygen atoms in total. The minimum atomic E-state index is -1.24. The van der Waals surface area contributed by atoms with Crippen LogP contribution < -0.4 is 21.3 Å². The Morgan fingerprint density at radius 2 is 1.66 bits per heavy atom. The molecule has 4 amide bonds. The number of nitrogens with one attached hydrogen (secondary N) is 4. The molecule has 15 heteroatoms. The van der Waals surface area contributed by atoms with E-state index in [1.165, 1.54) is 0 Å². The van der Waals surface area contributed by atoms with Crippen molar-refractivity contribution in [2.75, 3.05) is 13.1 Å². The maximum atomic E-state index is 13.3. The van der Waals surface area contributed by atoms with Crippen LogP contribution in [-0.4, -0.2) is 83.2 Å². The molecule has 9 atom stereocenters. The highest BCUT2D eigenvalue weighted by Gasteiger charge is 2.69. The van der Waals surface area contributed by atoms with E-state index >= 15 is 0 Å². The van der Waals surface area contributed by atoms with Crippen LogP contribution >= 0.6 is 0 Å². The summed E-state index contributed by atoms with van der Waals surface area (Å²) < 4.78 is 18.5. The number of nitrogens with zero attached hydrogens (tertiary/aromatic N) is 1. The molecule has 1 aromatic carbocycles. The number of pyridine rings is 1. The Hall–Kier alpha value is -4.44. The average molecular weight is 778 g/mol. The van der Waals surface area contributed by atoms with Gasteiger partial charge in [-0.3, -0.25) is 29.0 Å². The first-order valence-electron chi connectivity index (χ1n) is 19.6. The smallest absolute Gasteiger partial charge is 0.308 e. The third-order valence-electron chi connectivity index (χ3n) is 11.3. The van der Waals surface area contributed by atoms with Gasteiger partial charge in [0.2, 0.25) is 29.8 Å². The van der Waals surface area contributed by atoms with Gasteiger partial charge in [0, 0.05) is 49.5 Å². The Labute approximate surface area is 327 Å². The number of aromatic nitrogens is 1. The third-order valence-corrected chi connectivity index (χ3v) is 11.3. The molecule has 4 aliphatic heterocycles. The van der Waals surface area contributed by atoms with Crippen LogP contribution in [0.15, 0.2) is 48.7 Å². The highest BCUT2D eigenvalue weighted by Crippen LogP contribution is 2.60. The van der Waals surface area contributed by atoms with E-state index in [4.69, 9.17) is 24.0 Å². The summed E-state index contributed by atoms with van der Waals surface area (Å²) in [6, 6.07) is 11.8. The van der Waals surface area contributed by atoms with Crippen molar-refractivity contribution < 1.29 is 48.0 Å².